The van der Waals surface area contributed by atoms with E-state index in [0.29, 0.717) is 16.5 Å². The van der Waals surface area contributed by atoms with Crippen LogP contribution in [0.4, 0.5) is 4.39 Å². The SMILES string of the molecule is CCC1CCCCC1C(C)(O)c1cc(F)c(Cl)cc1Cl. The van der Waals surface area contributed by atoms with Gasteiger partial charge in [-0.25, -0.2) is 4.39 Å². The fourth-order valence-corrected chi connectivity index (χ4v) is 4.12. The highest BCUT2D eigenvalue weighted by atomic mass is 35.5. The summed E-state index contributed by atoms with van der Waals surface area (Å²) in [4.78, 5) is 0. The topological polar surface area (TPSA) is 20.2 Å². The third-order valence-corrected chi connectivity index (χ3v) is 5.31. The maximum absolute atomic E-state index is 13.7. The normalized spacial score (nSPS) is 26.3. The van der Waals surface area contributed by atoms with Gasteiger partial charge in [0.25, 0.3) is 0 Å². The number of aliphatic hydroxyl groups is 1. The summed E-state index contributed by atoms with van der Waals surface area (Å²) in [7, 11) is 0. The van der Waals surface area contributed by atoms with Gasteiger partial charge in [-0.2, -0.15) is 0 Å². The zero-order valence-corrected chi connectivity index (χ0v) is 13.4. The van der Waals surface area contributed by atoms with Crippen molar-refractivity contribution in [3.05, 3.63) is 33.6 Å². The number of hydrogen-bond acceptors (Lipinski definition) is 1. The lowest BCUT2D eigenvalue weighted by atomic mass is 9.67. The van der Waals surface area contributed by atoms with Crippen LogP contribution in [0.1, 0.15) is 51.5 Å². The van der Waals surface area contributed by atoms with E-state index in [9.17, 15) is 9.50 Å². The second kappa shape index (κ2) is 6.21. The zero-order chi connectivity index (χ0) is 14.9. The Morgan fingerprint density at radius 1 is 1.25 bits per heavy atom. The molecule has 1 aliphatic rings. The Morgan fingerprint density at radius 2 is 1.90 bits per heavy atom. The van der Waals surface area contributed by atoms with Crippen molar-refractivity contribution in [3.63, 3.8) is 0 Å². The van der Waals surface area contributed by atoms with Crippen LogP contribution in [0.25, 0.3) is 0 Å². The molecule has 1 aromatic carbocycles. The van der Waals surface area contributed by atoms with Crippen molar-refractivity contribution < 1.29 is 9.50 Å². The van der Waals surface area contributed by atoms with Gasteiger partial charge in [0.15, 0.2) is 0 Å². The van der Waals surface area contributed by atoms with E-state index in [1.807, 2.05) is 0 Å². The van der Waals surface area contributed by atoms with Crippen LogP contribution in [0.2, 0.25) is 10.0 Å². The molecule has 1 N–H and O–H groups in total. The van der Waals surface area contributed by atoms with E-state index in [-0.39, 0.29) is 10.9 Å². The van der Waals surface area contributed by atoms with E-state index in [4.69, 9.17) is 23.2 Å². The lowest BCUT2D eigenvalue weighted by Gasteiger charge is -2.41. The monoisotopic (exact) mass is 318 g/mol. The minimum atomic E-state index is -1.12. The molecule has 0 bridgehead atoms. The van der Waals surface area contributed by atoms with E-state index in [2.05, 4.69) is 6.92 Å². The van der Waals surface area contributed by atoms with Crippen LogP contribution in [0.5, 0.6) is 0 Å². The number of benzene rings is 1. The Morgan fingerprint density at radius 3 is 2.55 bits per heavy atom. The van der Waals surface area contributed by atoms with E-state index >= 15 is 0 Å². The minimum absolute atomic E-state index is 0.00904. The average Bonchev–Trinajstić information content (AvgIpc) is 2.42. The van der Waals surface area contributed by atoms with E-state index in [1.54, 1.807) is 6.92 Å². The van der Waals surface area contributed by atoms with Gasteiger partial charge in [0.05, 0.1) is 10.6 Å². The van der Waals surface area contributed by atoms with Gasteiger partial charge in [0.1, 0.15) is 5.82 Å². The number of rotatable bonds is 3. The third kappa shape index (κ3) is 2.98. The molecule has 4 heteroatoms. The quantitative estimate of drug-likeness (QED) is 0.724. The fraction of sp³-hybridized carbons (Fsp3) is 0.625. The molecule has 1 aromatic rings. The molecule has 0 aromatic heterocycles. The molecule has 1 saturated carbocycles. The summed E-state index contributed by atoms with van der Waals surface area (Å²) in [5, 5.41) is 11.3. The predicted octanol–water partition coefficient (Wildman–Crippen LogP) is 5.56. The molecule has 1 nitrogen and oxygen atoms in total. The van der Waals surface area contributed by atoms with Crippen molar-refractivity contribution in [2.45, 2.75) is 51.6 Å². The van der Waals surface area contributed by atoms with Crippen molar-refractivity contribution in [2.75, 3.05) is 0 Å². The van der Waals surface area contributed by atoms with Gasteiger partial charge >= 0.3 is 0 Å². The summed E-state index contributed by atoms with van der Waals surface area (Å²) in [6.45, 7) is 3.89. The highest BCUT2D eigenvalue weighted by Gasteiger charge is 2.40. The molecule has 0 heterocycles. The van der Waals surface area contributed by atoms with Gasteiger partial charge in [-0.15, -0.1) is 0 Å². The maximum atomic E-state index is 13.7. The van der Waals surface area contributed by atoms with E-state index in [1.165, 1.54) is 18.6 Å². The second-order valence-corrected chi connectivity index (χ2v) is 6.77. The Labute approximate surface area is 130 Å². The lowest BCUT2D eigenvalue weighted by molar-refractivity contribution is -0.0490. The second-order valence-electron chi connectivity index (χ2n) is 5.95. The first kappa shape index (κ1) is 16.1. The van der Waals surface area contributed by atoms with Gasteiger partial charge in [-0.1, -0.05) is 55.8 Å². The Hall–Kier alpha value is -0.310. The van der Waals surface area contributed by atoms with Crippen LogP contribution in [-0.4, -0.2) is 5.11 Å². The molecule has 2 rings (SSSR count). The third-order valence-electron chi connectivity index (χ3n) is 4.71. The Kier molecular flexibility index (Phi) is 4.99. The summed E-state index contributed by atoms with van der Waals surface area (Å²) < 4.78 is 13.7. The predicted molar refractivity (Wildman–Crippen MR) is 81.7 cm³/mol. The van der Waals surface area contributed by atoms with Crippen LogP contribution in [0, 0.1) is 17.7 Å². The van der Waals surface area contributed by atoms with E-state index in [0.717, 1.165) is 25.7 Å². The molecule has 0 aliphatic heterocycles. The molecule has 3 unspecified atom stereocenters. The van der Waals surface area contributed by atoms with Crippen molar-refractivity contribution in [1.82, 2.24) is 0 Å². The maximum Gasteiger partial charge on any atom is 0.142 e. The van der Waals surface area contributed by atoms with Gasteiger partial charge < -0.3 is 5.11 Å². The van der Waals surface area contributed by atoms with Crippen LogP contribution in [-0.2, 0) is 5.60 Å². The molecular formula is C16H21Cl2FO. The summed E-state index contributed by atoms with van der Waals surface area (Å²) in [5.74, 6) is 0.0306. The summed E-state index contributed by atoms with van der Waals surface area (Å²) in [6, 6.07) is 2.66. The zero-order valence-electron chi connectivity index (χ0n) is 11.9. The van der Waals surface area contributed by atoms with Gasteiger partial charge in [-0.3, -0.25) is 0 Å². The first-order valence-electron chi connectivity index (χ1n) is 7.25. The largest absolute Gasteiger partial charge is 0.385 e. The molecule has 112 valence electrons. The van der Waals surface area contributed by atoms with Crippen LogP contribution < -0.4 is 0 Å². The van der Waals surface area contributed by atoms with Crippen LogP contribution in [0.3, 0.4) is 0 Å². The molecule has 1 fully saturated rings. The lowest BCUT2D eigenvalue weighted by Crippen LogP contribution is -2.38. The van der Waals surface area contributed by atoms with Gasteiger partial charge in [0.2, 0.25) is 0 Å². The average molecular weight is 319 g/mol. The Balaban J connectivity index is 2.40. The highest BCUT2D eigenvalue weighted by Crippen LogP contribution is 2.46. The first-order valence-corrected chi connectivity index (χ1v) is 8.01. The molecular weight excluding hydrogens is 298 g/mol. The standard InChI is InChI=1S/C16H21Cl2FO/c1-3-10-6-4-5-7-11(10)16(2,20)12-8-15(19)14(18)9-13(12)17/h8-11,20H,3-7H2,1-2H3. The summed E-state index contributed by atoms with van der Waals surface area (Å²) in [5.41, 5.74) is -0.671. The number of halogens is 3. The highest BCUT2D eigenvalue weighted by molar-refractivity contribution is 6.35. The molecule has 20 heavy (non-hydrogen) atoms. The van der Waals surface area contributed by atoms with Gasteiger partial charge in [0, 0.05) is 10.6 Å². The number of hydrogen-bond donors (Lipinski definition) is 1. The molecule has 1 aliphatic carbocycles. The van der Waals surface area contributed by atoms with Crippen LogP contribution >= 0.6 is 23.2 Å². The molecule has 0 radical (unpaired) electrons. The minimum Gasteiger partial charge on any atom is -0.385 e. The molecule has 0 amide bonds. The molecule has 3 atom stereocenters. The summed E-state index contributed by atoms with van der Waals surface area (Å²) >= 11 is 11.9. The van der Waals surface area contributed by atoms with E-state index < -0.39 is 11.4 Å². The Bertz CT molecular complexity index is 488. The van der Waals surface area contributed by atoms with Crippen molar-refractivity contribution in [3.8, 4) is 0 Å². The molecule has 0 spiro atoms. The first-order chi connectivity index (χ1) is 9.37. The smallest absolute Gasteiger partial charge is 0.142 e. The van der Waals surface area contributed by atoms with Crippen molar-refractivity contribution >= 4 is 23.2 Å². The van der Waals surface area contributed by atoms with Crippen molar-refractivity contribution in [1.29, 1.82) is 0 Å². The fourth-order valence-electron chi connectivity index (χ4n) is 3.55. The summed E-state index contributed by atoms with van der Waals surface area (Å²) in [6.07, 6.45) is 5.39. The van der Waals surface area contributed by atoms with Gasteiger partial charge in [-0.05, 0) is 37.3 Å². The molecule has 0 saturated heterocycles. The van der Waals surface area contributed by atoms with Crippen LogP contribution in [0.15, 0.2) is 12.1 Å². The van der Waals surface area contributed by atoms with Crippen molar-refractivity contribution in [2.24, 2.45) is 11.8 Å².